The quantitative estimate of drug-likeness (QED) is 0.830. The van der Waals surface area contributed by atoms with E-state index in [0.717, 1.165) is 30.4 Å². The molecule has 1 heterocycles. The van der Waals surface area contributed by atoms with Crippen LogP contribution in [-0.4, -0.2) is 29.8 Å². The number of nitrogens with zero attached hydrogens (tertiary/aromatic N) is 2. The van der Waals surface area contributed by atoms with Crippen LogP contribution in [0.5, 0.6) is 0 Å². The molecule has 2 aromatic rings. The lowest BCUT2D eigenvalue weighted by Gasteiger charge is -2.21. The Hall–Kier alpha value is -2.22. The fraction of sp³-hybridized carbons (Fsp3) is 0.500. The van der Waals surface area contributed by atoms with Crippen LogP contribution in [0.4, 0.5) is 0 Å². The highest BCUT2D eigenvalue weighted by atomic mass is 32.2. The summed E-state index contributed by atoms with van der Waals surface area (Å²) in [6.07, 6.45) is 4.26. The fourth-order valence-corrected chi connectivity index (χ4v) is 4.60. The molecule has 1 aliphatic rings. The van der Waals surface area contributed by atoms with Crippen LogP contribution in [-0.2, 0) is 21.2 Å². The van der Waals surface area contributed by atoms with Gasteiger partial charge in [0.05, 0.1) is 5.25 Å². The average Bonchev–Trinajstić information content (AvgIpc) is 3.10. The van der Waals surface area contributed by atoms with Gasteiger partial charge in [-0.3, -0.25) is 9.52 Å². The Morgan fingerprint density at radius 3 is 2.54 bits per heavy atom. The van der Waals surface area contributed by atoms with Crippen molar-refractivity contribution in [1.82, 2.24) is 14.9 Å². The molecule has 1 amide bonds. The molecular formula is C18H23N3O4S. The van der Waals surface area contributed by atoms with Crippen molar-refractivity contribution in [2.75, 3.05) is 0 Å². The van der Waals surface area contributed by atoms with Crippen LogP contribution >= 0.6 is 0 Å². The number of nitrogens with one attached hydrogen (secondary N) is 1. The molecule has 140 valence electrons. The van der Waals surface area contributed by atoms with Gasteiger partial charge in [0.2, 0.25) is 27.7 Å². The maximum Gasteiger partial charge on any atom is 0.247 e. The van der Waals surface area contributed by atoms with Gasteiger partial charge in [-0.25, -0.2) is 8.42 Å². The summed E-state index contributed by atoms with van der Waals surface area (Å²) in [4.78, 5) is 12.0. The van der Waals surface area contributed by atoms with Gasteiger partial charge >= 0.3 is 0 Å². The molecule has 0 unspecified atom stereocenters. The van der Waals surface area contributed by atoms with Gasteiger partial charge in [0.15, 0.2) is 0 Å². The first-order valence-electron chi connectivity index (χ1n) is 8.88. The van der Waals surface area contributed by atoms with Crippen LogP contribution in [0.3, 0.4) is 0 Å². The molecule has 7 nitrogen and oxygen atoms in total. The number of aryl methyl sites for hydroxylation is 2. The largest absolute Gasteiger partial charge is 0.421 e. The molecule has 1 aliphatic carbocycles. The second-order valence-electron chi connectivity index (χ2n) is 6.70. The Morgan fingerprint density at radius 1 is 1.15 bits per heavy atom. The van der Waals surface area contributed by atoms with Crippen molar-refractivity contribution in [1.29, 1.82) is 0 Å². The summed E-state index contributed by atoms with van der Waals surface area (Å²) < 4.78 is 32.2. The Kier molecular flexibility index (Phi) is 5.70. The van der Waals surface area contributed by atoms with Gasteiger partial charge in [-0.05, 0) is 31.9 Å². The number of carbonyl (C=O) groups excluding carboxylic acids is 1. The first-order chi connectivity index (χ1) is 12.4. The monoisotopic (exact) mass is 377 g/mol. The summed E-state index contributed by atoms with van der Waals surface area (Å²) in [5.74, 6) is 0.159. The molecule has 1 aromatic carbocycles. The second kappa shape index (κ2) is 7.99. The van der Waals surface area contributed by atoms with Crippen molar-refractivity contribution >= 4 is 15.9 Å². The standard InChI is InChI=1S/C18H23N3O4S/c1-13-7-9-14(10-8-13)18-20-19-17(25-18)12-11-16(22)21-26(23,24)15-5-3-2-4-6-15/h7-10,15H,2-6,11-12H2,1H3,(H,21,22). The lowest BCUT2D eigenvalue weighted by Crippen LogP contribution is -2.39. The number of hydrogen-bond donors (Lipinski definition) is 1. The van der Waals surface area contributed by atoms with Crippen molar-refractivity contribution in [3.8, 4) is 11.5 Å². The minimum absolute atomic E-state index is 0.0124. The zero-order valence-electron chi connectivity index (χ0n) is 14.8. The molecule has 1 N–H and O–H groups in total. The van der Waals surface area contributed by atoms with Crippen molar-refractivity contribution < 1.29 is 17.6 Å². The summed E-state index contributed by atoms with van der Waals surface area (Å²) in [6, 6.07) is 7.66. The summed E-state index contributed by atoms with van der Waals surface area (Å²) in [7, 11) is -3.60. The van der Waals surface area contributed by atoms with Crippen LogP contribution in [0.25, 0.3) is 11.5 Å². The maximum atomic E-state index is 12.2. The minimum atomic E-state index is -3.60. The number of aromatic nitrogens is 2. The number of benzene rings is 1. The molecule has 1 saturated carbocycles. The highest BCUT2D eigenvalue weighted by Crippen LogP contribution is 2.23. The molecule has 0 saturated heterocycles. The van der Waals surface area contributed by atoms with Crippen LogP contribution in [0.2, 0.25) is 0 Å². The smallest absolute Gasteiger partial charge is 0.247 e. The van der Waals surface area contributed by atoms with E-state index < -0.39 is 21.2 Å². The molecule has 0 aliphatic heterocycles. The predicted molar refractivity (Wildman–Crippen MR) is 96.7 cm³/mol. The van der Waals surface area contributed by atoms with E-state index in [9.17, 15) is 13.2 Å². The van der Waals surface area contributed by atoms with Gasteiger partial charge in [-0.2, -0.15) is 0 Å². The van der Waals surface area contributed by atoms with Crippen LogP contribution in [0.15, 0.2) is 28.7 Å². The minimum Gasteiger partial charge on any atom is -0.421 e. The first-order valence-corrected chi connectivity index (χ1v) is 10.4. The molecule has 0 spiro atoms. The van der Waals surface area contributed by atoms with Gasteiger partial charge in [0, 0.05) is 18.4 Å². The van der Waals surface area contributed by atoms with E-state index in [4.69, 9.17) is 4.42 Å². The van der Waals surface area contributed by atoms with E-state index >= 15 is 0 Å². The summed E-state index contributed by atoms with van der Waals surface area (Å²) in [5.41, 5.74) is 1.93. The van der Waals surface area contributed by atoms with Gasteiger partial charge in [-0.1, -0.05) is 37.0 Å². The van der Waals surface area contributed by atoms with Crippen molar-refractivity contribution in [2.24, 2.45) is 0 Å². The zero-order chi connectivity index (χ0) is 18.6. The van der Waals surface area contributed by atoms with Crippen molar-refractivity contribution in [2.45, 2.75) is 57.1 Å². The van der Waals surface area contributed by atoms with Gasteiger partial charge in [-0.15, -0.1) is 10.2 Å². The highest BCUT2D eigenvalue weighted by molar-refractivity contribution is 7.90. The van der Waals surface area contributed by atoms with Gasteiger partial charge < -0.3 is 4.42 Å². The Balaban J connectivity index is 1.54. The van der Waals surface area contributed by atoms with Crippen LogP contribution < -0.4 is 4.72 Å². The molecule has 0 bridgehead atoms. The topological polar surface area (TPSA) is 102 Å². The van der Waals surface area contributed by atoms with E-state index in [2.05, 4.69) is 14.9 Å². The SMILES string of the molecule is Cc1ccc(-c2nnc(CCC(=O)NS(=O)(=O)C3CCCCC3)o2)cc1. The Labute approximate surface area is 153 Å². The fourth-order valence-electron chi connectivity index (χ4n) is 3.06. The third-order valence-corrected chi connectivity index (χ3v) is 6.44. The van der Waals surface area contributed by atoms with Crippen LogP contribution in [0, 0.1) is 6.92 Å². The molecule has 0 atom stereocenters. The number of sulfonamides is 1. The molecule has 26 heavy (non-hydrogen) atoms. The van der Waals surface area contributed by atoms with E-state index in [1.807, 2.05) is 31.2 Å². The zero-order valence-corrected chi connectivity index (χ0v) is 15.6. The van der Waals surface area contributed by atoms with E-state index in [1.54, 1.807) is 0 Å². The van der Waals surface area contributed by atoms with Crippen molar-refractivity contribution in [3.63, 3.8) is 0 Å². The normalized spacial score (nSPS) is 15.7. The molecule has 0 radical (unpaired) electrons. The number of hydrogen-bond acceptors (Lipinski definition) is 6. The number of rotatable bonds is 6. The molecule has 8 heteroatoms. The summed E-state index contributed by atoms with van der Waals surface area (Å²) in [6.45, 7) is 1.99. The van der Waals surface area contributed by atoms with Gasteiger partial charge in [0.25, 0.3) is 0 Å². The summed E-state index contributed by atoms with van der Waals surface area (Å²) >= 11 is 0. The number of amides is 1. The van der Waals surface area contributed by atoms with E-state index in [0.29, 0.717) is 24.6 Å². The molecular weight excluding hydrogens is 354 g/mol. The second-order valence-corrected chi connectivity index (χ2v) is 8.66. The van der Waals surface area contributed by atoms with E-state index in [-0.39, 0.29) is 12.8 Å². The third-order valence-electron chi connectivity index (χ3n) is 4.58. The lowest BCUT2D eigenvalue weighted by molar-refractivity contribution is -0.119. The Bertz CT molecular complexity index is 853. The van der Waals surface area contributed by atoms with E-state index in [1.165, 1.54) is 0 Å². The van der Waals surface area contributed by atoms with Crippen molar-refractivity contribution in [3.05, 3.63) is 35.7 Å². The highest BCUT2D eigenvalue weighted by Gasteiger charge is 2.28. The summed E-state index contributed by atoms with van der Waals surface area (Å²) in [5, 5.41) is 7.44. The predicted octanol–water partition coefficient (Wildman–Crippen LogP) is 2.76. The molecule has 1 fully saturated rings. The number of carbonyl (C=O) groups is 1. The van der Waals surface area contributed by atoms with Gasteiger partial charge in [0.1, 0.15) is 0 Å². The first kappa shape index (κ1) is 18.6. The van der Waals surface area contributed by atoms with Crippen LogP contribution in [0.1, 0.15) is 50.0 Å². The Morgan fingerprint density at radius 2 is 1.85 bits per heavy atom. The molecule has 1 aromatic heterocycles. The average molecular weight is 377 g/mol. The maximum absolute atomic E-state index is 12.2. The third kappa shape index (κ3) is 4.69. The lowest BCUT2D eigenvalue weighted by atomic mass is 10.0. The molecule has 3 rings (SSSR count).